The summed E-state index contributed by atoms with van der Waals surface area (Å²) in [6.07, 6.45) is 0.639. The first-order valence-corrected chi connectivity index (χ1v) is 6.41. The average Bonchev–Trinajstić information content (AvgIpc) is 2.44. The van der Waals surface area contributed by atoms with Crippen molar-refractivity contribution in [1.29, 1.82) is 0 Å². The number of ether oxygens (including phenoxy) is 1. The molecule has 2 aromatic rings. The van der Waals surface area contributed by atoms with E-state index >= 15 is 0 Å². The van der Waals surface area contributed by atoms with Gasteiger partial charge >= 0.3 is 0 Å². The van der Waals surface area contributed by atoms with Gasteiger partial charge in [-0.2, -0.15) is 0 Å². The normalized spacial score (nSPS) is 12.1. The van der Waals surface area contributed by atoms with Crippen LogP contribution in [0.4, 0.5) is 4.39 Å². The molecule has 0 heterocycles. The summed E-state index contributed by atoms with van der Waals surface area (Å²) in [7, 11) is 1.89. The van der Waals surface area contributed by atoms with Gasteiger partial charge < -0.3 is 10.1 Å². The summed E-state index contributed by atoms with van der Waals surface area (Å²) >= 11 is 0. The molecule has 2 rings (SSSR count). The Morgan fingerprint density at radius 3 is 2.58 bits per heavy atom. The zero-order chi connectivity index (χ0) is 13.5. The second-order valence-electron chi connectivity index (χ2n) is 4.37. The Morgan fingerprint density at radius 2 is 1.89 bits per heavy atom. The molecule has 0 amide bonds. The molecule has 0 aromatic heterocycles. The van der Waals surface area contributed by atoms with Crippen LogP contribution in [0, 0.1) is 5.82 Å². The monoisotopic (exact) mass is 259 g/mol. The predicted octanol–water partition coefficient (Wildman–Crippen LogP) is 3.56. The molecule has 0 aliphatic rings. The van der Waals surface area contributed by atoms with E-state index in [-0.39, 0.29) is 11.9 Å². The van der Waals surface area contributed by atoms with Crippen molar-refractivity contribution in [2.45, 2.75) is 12.5 Å². The van der Waals surface area contributed by atoms with Crippen molar-refractivity contribution in [2.24, 2.45) is 0 Å². The van der Waals surface area contributed by atoms with Crippen LogP contribution in [-0.4, -0.2) is 13.6 Å². The van der Waals surface area contributed by atoms with Crippen molar-refractivity contribution in [3.8, 4) is 5.75 Å². The van der Waals surface area contributed by atoms with E-state index in [0.29, 0.717) is 0 Å². The van der Waals surface area contributed by atoms with Crippen LogP contribution in [0.1, 0.15) is 18.1 Å². The molecule has 0 aliphatic heterocycles. The number of benzene rings is 2. The molecule has 1 atom stereocenters. The highest BCUT2D eigenvalue weighted by Crippen LogP contribution is 2.24. The third-order valence-corrected chi connectivity index (χ3v) is 2.90. The van der Waals surface area contributed by atoms with Gasteiger partial charge in [-0.3, -0.25) is 0 Å². The SMILES string of the molecule is CNCC[C@H](Oc1ccccc1)c1cccc(F)c1. The number of hydrogen-bond donors (Lipinski definition) is 1. The van der Waals surface area contributed by atoms with Crippen molar-refractivity contribution in [1.82, 2.24) is 5.32 Å². The highest BCUT2D eigenvalue weighted by molar-refractivity contribution is 5.25. The van der Waals surface area contributed by atoms with Crippen LogP contribution < -0.4 is 10.1 Å². The van der Waals surface area contributed by atoms with Crippen molar-refractivity contribution in [2.75, 3.05) is 13.6 Å². The maximum atomic E-state index is 13.3. The summed E-state index contributed by atoms with van der Waals surface area (Å²) in [6.45, 7) is 0.814. The second-order valence-corrected chi connectivity index (χ2v) is 4.37. The minimum absolute atomic E-state index is 0.148. The van der Waals surface area contributed by atoms with E-state index in [1.807, 2.05) is 43.4 Å². The van der Waals surface area contributed by atoms with Crippen LogP contribution in [0.15, 0.2) is 54.6 Å². The first kappa shape index (κ1) is 13.6. The number of rotatable bonds is 6. The van der Waals surface area contributed by atoms with Crippen molar-refractivity contribution >= 4 is 0 Å². The smallest absolute Gasteiger partial charge is 0.125 e. The summed E-state index contributed by atoms with van der Waals surface area (Å²) < 4.78 is 19.3. The minimum Gasteiger partial charge on any atom is -0.486 e. The van der Waals surface area contributed by atoms with Gasteiger partial charge in [0.2, 0.25) is 0 Å². The molecule has 0 radical (unpaired) electrons. The molecular weight excluding hydrogens is 241 g/mol. The van der Waals surface area contributed by atoms with Gasteiger partial charge in [-0.15, -0.1) is 0 Å². The fourth-order valence-electron chi connectivity index (χ4n) is 1.94. The molecule has 0 unspecified atom stereocenters. The number of hydrogen-bond acceptors (Lipinski definition) is 2. The van der Waals surface area contributed by atoms with Crippen molar-refractivity contribution < 1.29 is 9.13 Å². The molecule has 0 saturated heterocycles. The highest BCUT2D eigenvalue weighted by Gasteiger charge is 2.13. The molecule has 2 aromatic carbocycles. The molecule has 2 nitrogen and oxygen atoms in total. The molecule has 3 heteroatoms. The van der Waals surface area contributed by atoms with E-state index in [1.54, 1.807) is 6.07 Å². The topological polar surface area (TPSA) is 21.3 Å². The summed E-state index contributed by atoms with van der Waals surface area (Å²) in [5.41, 5.74) is 0.860. The molecule has 100 valence electrons. The lowest BCUT2D eigenvalue weighted by atomic mass is 10.1. The third kappa shape index (κ3) is 4.07. The molecule has 0 bridgehead atoms. The van der Waals surface area contributed by atoms with Crippen LogP contribution in [0.3, 0.4) is 0 Å². The van der Waals surface area contributed by atoms with Crippen LogP contribution in [0.5, 0.6) is 5.75 Å². The lowest BCUT2D eigenvalue weighted by Gasteiger charge is -2.19. The van der Waals surface area contributed by atoms with Crippen molar-refractivity contribution in [3.05, 3.63) is 66.0 Å². The van der Waals surface area contributed by atoms with E-state index in [9.17, 15) is 4.39 Å². The predicted molar refractivity (Wildman–Crippen MR) is 74.8 cm³/mol. The maximum absolute atomic E-state index is 13.3. The van der Waals surface area contributed by atoms with Gasteiger partial charge in [0.15, 0.2) is 0 Å². The quantitative estimate of drug-likeness (QED) is 0.856. The number of nitrogens with one attached hydrogen (secondary N) is 1. The third-order valence-electron chi connectivity index (χ3n) is 2.90. The fourth-order valence-corrected chi connectivity index (χ4v) is 1.94. The zero-order valence-electron chi connectivity index (χ0n) is 11.0. The summed E-state index contributed by atoms with van der Waals surface area (Å²) in [5.74, 6) is 0.566. The minimum atomic E-state index is -0.233. The number of halogens is 1. The Labute approximate surface area is 113 Å². The van der Waals surface area contributed by atoms with Crippen LogP contribution in [0.2, 0.25) is 0 Å². The van der Waals surface area contributed by atoms with Gasteiger partial charge in [0.25, 0.3) is 0 Å². The Bertz CT molecular complexity index is 501. The van der Waals surface area contributed by atoms with E-state index in [1.165, 1.54) is 12.1 Å². The van der Waals surface area contributed by atoms with E-state index in [2.05, 4.69) is 5.32 Å². The lowest BCUT2D eigenvalue weighted by Crippen LogP contribution is -2.16. The van der Waals surface area contributed by atoms with Gasteiger partial charge in [-0.25, -0.2) is 4.39 Å². The summed E-state index contributed by atoms with van der Waals surface area (Å²) in [5, 5.41) is 3.09. The Kier molecular flexibility index (Phi) is 4.93. The first-order valence-electron chi connectivity index (χ1n) is 6.41. The largest absolute Gasteiger partial charge is 0.486 e. The summed E-state index contributed by atoms with van der Waals surface area (Å²) in [6, 6.07) is 16.2. The molecule has 0 aliphatic carbocycles. The van der Waals surface area contributed by atoms with Gasteiger partial charge in [-0.05, 0) is 43.4 Å². The van der Waals surface area contributed by atoms with Crippen LogP contribution in [0.25, 0.3) is 0 Å². The number of para-hydroxylation sites is 1. The van der Waals surface area contributed by atoms with Gasteiger partial charge in [0, 0.05) is 6.42 Å². The van der Waals surface area contributed by atoms with Gasteiger partial charge in [-0.1, -0.05) is 30.3 Å². The van der Waals surface area contributed by atoms with Gasteiger partial charge in [0.05, 0.1) is 0 Å². The van der Waals surface area contributed by atoms with E-state index in [4.69, 9.17) is 4.74 Å². The zero-order valence-corrected chi connectivity index (χ0v) is 11.0. The Hall–Kier alpha value is -1.87. The van der Waals surface area contributed by atoms with E-state index in [0.717, 1.165) is 24.3 Å². The Morgan fingerprint density at radius 1 is 1.11 bits per heavy atom. The van der Waals surface area contributed by atoms with E-state index < -0.39 is 0 Å². The molecular formula is C16H18FNO. The maximum Gasteiger partial charge on any atom is 0.125 e. The highest BCUT2D eigenvalue weighted by atomic mass is 19.1. The Balaban J connectivity index is 2.16. The molecule has 19 heavy (non-hydrogen) atoms. The van der Waals surface area contributed by atoms with Crippen LogP contribution in [-0.2, 0) is 0 Å². The molecule has 1 N–H and O–H groups in total. The fraction of sp³-hybridized carbons (Fsp3) is 0.250. The summed E-state index contributed by atoms with van der Waals surface area (Å²) in [4.78, 5) is 0. The van der Waals surface area contributed by atoms with Crippen molar-refractivity contribution in [3.63, 3.8) is 0 Å². The first-order chi connectivity index (χ1) is 9.29. The second kappa shape index (κ2) is 6.90. The lowest BCUT2D eigenvalue weighted by molar-refractivity contribution is 0.194. The molecule has 0 fully saturated rings. The average molecular weight is 259 g/mol. The van der Waals surface area contributed by atoms with Crippen LogP contribution >= 0.6 is 0 Å². The van der Waals surface area contributed by atoms with Gasteiger partial charge in [0.1, 0.15) is 17.7 Å². The molecule has 0 saturated carbocycles. The molecule has 0 spiro atoms. The standard InChI is InChI=1S/C16H18FNO/c1-18-11-10-16(13-6-5-7-14(17)12-13)19-15-8-3-2-4-9-15/h2-9,12,16,18H,10-11H2,1H3/t16-/m0/s1.